The van der Waals surface area contributed by atoms with Crippen LogP contribution >= 0.6 is 0 Å². The first-order valence-electron chi connectivity index (χ1n) is 6.10. The van der Waals surface area contributed by atoms with Crippen LogP contribution in [0.25, 0.3) is 0 Å². The molecule has 0 aromatic heterocycles. The number of nitrogen functional groups attached to an aromatic ring is 1. The predicted octanol–water partition coefficient (Wildman–Crippen LogP) is 2.47. The van der Waals surface area contributed by atoms with Gasteiger partial charge in [0, 0.05) is 12.1 Å². The summed E-state index contributed by atoms with van der Waals surface area (Å²) in [6, 6.07) is 1.91. The summed E-state index contributed by atoms with van der Waals surface area (Å²) in [6.07, 6.45) is 4.60. The summed E-state index contributed by atoms with van der Waals surface area (Å²) < 4.78 is 26.3. The molecule has 98 valence electrons. The summed E-state index contributed by atoms with van der Waals surface area (Å²) in [6.45, 7) is 0.539. The third-order valence-corrected chi connectivity index (χ3v) is 3.40. The van der Waals surface area contributed by atoms with Crippen LogP contribution in [0.5, 0.6) is 0 Å². The summed E-state index contributed by atoms with van der Waals surface area (Å²) in [7, 11) is 0. The lowest BCUT2D eigenvalue weighted by Gasteiger charge is -2.25. The molecule has 3 N–H and O–H groups in total. The van der Waals surface area contributed by atoms with Crippen LogP contribution in [0.1, 0.15) is 36.0 Å². The Morgan fingerprint density at radius 1 is 1.33 bits per heavy atom. The summed E-state index contributed by atoms with van der Waals surface area (Å²) in [5.74, 6) is -1.59. The molecule has 0 unspecified atom stereocenters. The number of nitrogens with one attached hydrogen (secondary N) is 1. The van der Waals surface area contributed by atoms with Gasteiger partial charge in [-0.15, -0.1) is 0 Å². The van der Waals surface area contributed by atoms with Gasteiger partial charge in [0.1, 0.15) is 17.3 Å². The van der Waals surface area contributed by atoms with Gasteiger partial charge in [-0.05, 0) is 24.5 Å². The fourth-order valence-electron chi connectivity index (χ4n) is 1.99. The van der Waals surface area contributed by atoms with Gasteiger partial charge >= 0.3 is 0 Å². The van der Waals surface area contributed by atoms with Crippen LogP contribution in [0.3, 0.4) is 0 Å². The highest BCUT2D eigenvalue weighted by Gasteiger charge is 2.17. The van der Waals surface area contributed by atoms with Crippen LogP contribution in [0.4, 0.5) is 14.5 Å². The Balaban J connectivity index is 1.91. The monoisotopic (exact) mass is 254 g/mol. The Morgan fingerprint density at radius 3 is 2.44 bits per heavy atom. The van der Waals surface area contributed by atoms with E-state index in [4.69, 9.17) is 5.73 Å². The standard InChI is InChI=1S/C13H16F2N2O/c14-10-6-9(7-11(15)12(10)16)13(18)17-5-4-8-2-1-3-8/h6-8H,1-5,16H2,(H,17,18). The zero-order chi connectivity index (χ0) is 13.1. The normalized spacial score (nSPS) is 15.2. The third-order valence-electron chi connectivity index (χ3n) is 3.40. The van der Waals surface area contributed by atoms with Crippen LogP contribution in [-0.4, -0.2) is 12.5 Å². The van der Waals surface area contributed by atoms with Crippen LogP contribution in [0.15, 0.2) is 12.1 Å². The second-order valence-corrected chi connectivity index (χ2v) is 4.70. The van der Waals surface area contributed by atoms with E-state index in [2.05, 4.69) is 5.32 Å². The fourth-order valence-corrected chi connectivity index (χ4v) is 1.99. The molecule has 1 aliphatic rings. The minimum Gasteiger partial charge on any atom is -0.394 e. The van der Waals surface area contributed by atoms with Crippen LogP contribution < -0.4 is 11.1 Å². The number of hydrogen-bond acceptors (Lipinski definition) is 2. The molecule has 0 bridgehead atoms. The zero-order valence-corrected chi connectivity index (χ0v) is 10.0. The van der Waals surface area contributed by atoms with Crippen molar-refractivity contribution in [3.05, 3.63) is 29.3 Å². The number of anilines is 1. The van der Waals surface area contributed by atoms with E-state index in [0.29, 0.717) is 12.5 Å². The minimum absolute atomic E-state index is 0.0344. The number of carbonyl (C=O) groups is 1. The van der Waals surface area contributed by atoms with E-state index in [-0.39, 0.29) is 5.56 Å². The topological polar surface area (TPSA) is 55.1 Å². The van der Waals surface area contributed by atoms with Gasteiger partial charge in [0.15, 0.2) is 0 Å². The van der Waals surface area contributed by atoms with Crippen molar-refractivity contribution < 1.29 is 13.6 Å². The molecule has 1 saturated carbocycles. The number of hydrogen-bond donors (Lipinski definition) is 2. The molecular weight excluding hydrogens is 238 g/mol. The van der Waals surface area contributed by atoms with Crippen molar-refractivity contribution in [1.29, 1.82) is 0 Å². The van der Waals surface area contributed by atoms with E-state index >= 15 is 0 Å². The maximum absolute atomic E-state index is 13.2. The molecule has 1 aromatic rings. The highest BCUT2D eigenvalue weighted by Crippen LogP contribution is 2.28. The van der Waals surface area contributed by atoms with E-state index in [1.54, 1.807) is 0 Å². The van der Waals surface area contributed by atoms with Gasteiger partial charge in [-0.1, -0.05) is 19.3 Å². The first-order chi connectivity index (χ1) is 8.58. The molecule has 0 atom stereocenters. The Morgan fingerprint density at radius 2 is 1.94 bits per heavy atom. The molecular formula is C13H16F2N2O. The maximum atomic E-state index is 13.2. The predicted molar refractivity (Wildman–Crippen MR) is 65.1 cm³/mol. The summed E-state index contributed by atoms with van der Waals surface area (Å²) in [5.41, 5.74) is 4.55. The van der Waals surface area contributed by atoms with Gasteiger partial charge in [0.05, 0.1) is 0 Å². The number of halogens is 2. The number of nitrogens with two attached hydrogens (primary N) is 1. The molecule has 3 nitrogen and oxygen atoms in total. The third kappa shape index (κ3) is 2.78. The van der Waals surface area contributed by atoms with Crippen molar-refractivity contribution in [2.75, 3.05) is 12.3 Å². The largest absolute Gasteiger partial charge is 0.394 e. The van der Waals surface area contributed by atoms with Gasteiger partial charge in [-0.3, -0.25) is 4.79 Å². The van der Waals surface area contributed by atoms with Gasteiger partial charge in [-0.25, -0.2) is 8.78 Å². The quantitative estimate of drug-likeness (QED) is 0.811. The lowest BCUT2D eigenvalue weighted by molar-refractivity contribution is 0.0948. The van der Waals surface area contributed by atoms with Crippen LogP contribution in [0, 0.1) is 17.6 Å². The molecule has 0 spiro atoms. The second-order valence-electron chi connectivity index (χ2n) is 4.70. The Bertz CT molecular complexity index is 435. The Labute approximate surface area is 104 Å². The lowest BCUT2D eigenvalue weighted by atomic mass is 9.83. The maximum Gasteiger partial charge on any atom is 0.251 e. The summed E-state index contributed by atoms with van der Waals surface area (Å²) in [4.78, 5) is 11.7. The van der Waals surface area contributed by atoms with Crippen molar-refractivity contribution >= 4 is 11.6 Å². The highest BCUT2D eigenvalue weighted by atomic mass is 19.1. The van der Waals surface area contributed by atoms with Gasteiger partial charge in [0.2, 0.25) is 0 Å². The van der Waals surface area contributed by atoms with Gasteiger partial charge in [-0.2, -0.15) is 0 Å². The smallest absolute Gasteiger partial charge is 0.251 e. The van der Waals surface area contributed by atoms with Crippen LogP contribution in [0.2, 0.25) is 0 Å². The van der Waals surface area contributed by atoms with Crippen molar-refractivity contribution in [2.24, 2.45) is 5.92 Å². The van der Waals surface area contributed by atoms with E-state index in [0.717, 1.165) is 18.6 Å². The van der Waals surface area contributed by atoms with Gasteiger partial charge in [0.25, 0.3) is 5.91 Å². The molecule has 0 aliphatic heterocycles. The van der Waals surface area contributed by atoms with Crippen molar-refractivity contribution in [1.82, 2.24) is 5.32 Å². The van der Waals surface area contributed by atoms with Crippen LogP contribution in [-0.2, 0) is 0 Å². The van der Waals surface area contributed by atoms with E-state index < -0.39 is 23.2 Å². The first kappa shape index (κ1) is 12.8. The Kier molecular flexibility index (Phi) is 3.79. The number of amides is 1. The average molecular weight is 254 g/mol. The van der Waals surface area contributed by atoms with Crippen molar-refractivity contribution in [3.63, 3.8) is 0 Å². The van der Waals surface area contributed by atoms with Gasteiger partial charge < -0.3 is 11.1 Å². The highest BCUT2D eigenvalue weighted by molar-refractivity contribution is 5.94. The van der Waals surface area contributed by atoms with E-state index in [9.17, 15) is 13.6 Å². The molecule has 1 fully saturated rings. The number of carbonyl (C=O) groups excluding carboxylic acids is 1. The SMILES string of the molecule is Nc1c(F)cc(C(=O)NCCC2CCC2)cc1F. The molecule has 1 aliphatic carbocycles. The molecule has 0 radical (unpaired) electrons. The van der Waals surface area contributed by atoms with Crippen molar-refractivity contribution in [2.45, 2.75) is 25.7 Å². The molecule has 5 heteroatoms. The molecule has 0 saturated heterocycles. The van der Waals surface area contributed by atoms with Crippen molar-refractivity contribution in [3.8, 4) is 0 Å². The molecule has 0 heterocycles. The Hall–Kier alpha value is -1.65. The minimum atomic E-state index is -0.904. The number of benzene rings is 1. The fraction of sp³-hybridized carbons (Fsp3) is 0.462. The number of rotatable bonds is 4. The second kappa shape index (κ2) is 5.33. The van der Waals surface area contributed by atoms with E-state index in [1.807, 2.05) is 0 Å². The lowest BCUT2D eigenvalue weighted by Crippen LogP contribution is -2.27. The average Bonchev–Trinajstić information content (AvgIpc) is 2.28. The summed E-state index contributed by atoms with van der Waals surface area (Å²) in [5, 5.41) is 2.66. The first-order valence-corrected chi connectivity index (χ1v) is 6.10. The molecule has 1 amide bonds. The summed E-state index contributed by atoms with van der Waals surface area (Å²) >= 11 is 0. The van der Waals surface area contributed by atoms with E-state index in [1.165, 1.54) is 19.3 Å². The zero-order valence-electron chi connectivity index (χ0n) is 10.0. The molecule has 2 rings (SSSR count). The molecule has 1 aromatic carbocycles. The molecule has 18 heavy (non-hydrogen) atoms.